The van der Waals surface area contributed by atoms with Crippen LogP contribution in [0.1, 0.15) is 29.1 Å². The molecule has 1 heterocycles. The molecular weight excluding hydrogens is 224 g/mol. The van der Waals surface area contributed by atoms with Crippen molar-refractivity contribution in [3.8, 4) is 0 Å². The van der Waals surface area contributed by atoms with Crippen molar-refractivity contribution in [2.45, 2.75) is 25.9 Å². The van der Waals surface area contributed by atoms with E-state index in [1.54, 1.807) is 12.5 Å². The second-order valence-electron chi connectivity index (χ2n) is 4.34. The molecule has 0 aromatic carbocycles. The number of primary amides is 1. The van der Waals surface area contributed by atoms with Gasteiger partial charge in [0.15, 0.2) is 0 Å². The van der Waals surface area contributed by atoms with Gasteiger partial charge >= 0.3 is 0 Å². The summed E-state index contributed by atoms with van der Waals surface area (Å²) < 4.78 is 5.11. The highest BCUT2D eigenvalue weighted by Crippen LogP contribution is 2.15. The first kappa shape index (κ1) is 13.2. The van der Waals surface area contributed by atoms with Crippen LogP contribution in [0.4, 0.5) is 0 Å². The van der Waals surface area contributed by atoms with Gasteiger partial charge in [-0.2, -0.15) is 0 Å². The van der Waals surface area contributed by atoms with Crippen molar-refractivity contribution in [2.24, 2.45) is 5.73 Å². The summed E-state index contributed by atoms with van der Waals surface area (Å²) in [5.74, 6) is -0.376. The molecule has 0 atom stereocenters. The number of carbonyl (C=O) groups is 1. The Kier molecular flexibility index (Phi) is 4.46. The van der Waals surface area contributed by atoms with Crippen molar-refractivity contribution < 1.29 is 9.53 Å². The maximum absolute atomic E-state index is 10.9. The summed E-state index contributed by atoms with van der Waals surface area (Å²) in [4.78, 5) is 12.0. The Morgan fingerprint density at radius 3 is 2.81 bits per heavy atom. The van der Waals surface area contributed by atoms with Crippen molar-refractivity contribution in [2.75, 3.05) is 13.7 Å². The van der Waals surface area contributed by atoms with Gasteiger partial charge in [-0.1, -0.05) is 0 Å². The number of hydrogen-bond donors (Lipinski definition) is 2. The summed E-state index contributed by atoms with van der Waals surface area (Å²) >= 11 is 1.53. The lowest BCUT2D eigenvalue weighted by Crippen LogP contribution is -2.42. The highest BCUT2D eigenvalue weighted by Gasteiger charge is 2.16. The molecule has 3 N–H and O–H groups in total. The highest BCUT2D eigenvalue weighted by atomic mass is 32.1. The van der Waals surface area contributed by atoms with Gasteiger partial charge in [0.25, 0.3) is 0 Å². The Balaban J connectivity index is 2.51. The molecule has 1 aromatic heterocycles. The van der Waals surface area contributed by atoms with E-state index in [0.29, 0.717) is 18.7 Å². The van der Waals surface area contributed by atoms with Gasteiger partial charge in [-0.3, -0.25) is 4.79 Å². The molecule has 0 aliphatic rings. The van der Waals surface area contributed by atoms with Gasteiger partial charge in [0.05, 0.1) is 12.2 Å². The Labute approximate surface area is 99.8 Å². The molecule has 0 radical (unpaired) electrons. The Bertz CT molecular complexity index is 361. The number of hydrogen-bond acceptors (Lipinski definition) is 4. The molecule has 0 fully saturated rings. The fourth-order valence-electron chi connectivity index (χ4n) is 1.34. The van der Waals surface area contributed by atoms with Crippen LogP contribution in [-0.2, 0) is 11.3 Å². The Morgan fingerprint density at radius 1 is 1.62 bits per heavy atom. The largest absolute Gasteiger partial charge is 0.383 e. The van der Waals surface area contributed by atoms with E-state index in [1.807, 2.05) is 6.07 Å². The average molecular weight is 242 g/mol. The smallest absolute Gasteiger partial charge is 0.249 e. The molecule has 4 nitrogen and oxygen atoms in total. The normalized spacial score (nSPS) is 11.7. The standard InChI is InChI=1S/C11H18N2O2S/c1-11(2,7-15-3)13-5-9-4-8(6-16-9)10(12)14/h4,6,13H,5,7H2,1-3H3,(H2,12,14). The maximum Gasteiger partial charge on any atom is 0.249 e. The minimum atomic E-state index is -0.376. The fourth-order valence-corrected chi connectivity index (χ4v) is 2.15. The quantitative estimate of drug-likeness (QED) is 0.791. The molecule has 0 saturated heterocycles. The lowest BCUT2D eigenvalue weighted by atomic mass is 10.1. The molecule has 1 amide bonds. The Morgan fingerprint density at radius 2 is 2.31 bits per heavy atom. The molecule has 1 rings (SSSR count). The van der Waals surface area contributed by atoms with Crippen molar-refractivity contribution in [1.29, 1.82) is 0 Å². The summed E-state index contributed by atoms with van der Waals surface area (Å²) in [5.41, 5.74) is 5.68. The monoisotopic (exact) mass is 242 g/mol. The minimum absolute atomic E-state index is 0.0778. The fraction of sp³-hybridized carbons (Fsp3) is 0.545. The third-order valence-electron chi connectivity index (χ3n) is 2.18. The van der Waals surface area contributed by atoms with Crippen molar-refractivity contribution in [3.63, 3.8) is 0 Å². The molecular formula is C11H18N2O2S. The number of amides is 1. The van der Waals surface area contributed by atoms with Gasteiger partial charge in [-0.05, 0) is 19.9 Å². The van der Waals surface area contributed by atoms with Gasteiger partial charge in [-0.25, -0.2) is 0 Å². The van der Waals surface area contributed by atoms with E-state index >= 15 is 0 Å². The first-order chi connectivity index (χ1) is 7.44. The van der Waals surface area contributed by atoms with Crippen molar-refractivity contribution in [1.82, 2.24) is 5.32 Å². The molecule has 0 saturated carbocycles. The number of thiophene rings is 1. The van der Waals surface area contributed by atoms with Crippen LogP contribution in [0.25, 0.3) is 0 Å². The number of nitrogens with two attached hydrogens (primary N) is 1. The minimum Gasteiger partial charge on any atom is -0.383 e. The van der Waals surface area contributed by atoms with Gasteiger partial charge in [0.1, 0.15) is 0 Å². The number of rotatable bonds is 6. The third-order valence-corrected chi connectivity index (χ3v) is 3.12. The van der Waals surface area contributed by atoms with E-state index < -0.39 is 0 Å². The SMILES string of the molecule is COCC(C)(C)NCc1cc(C(N)=O)cs1. The predicted molar refractivity (Wildman–Crippen MR) is 65.6 cm³/mol. The summed E-state index contributed by atoms with van der Waals surface area (Å²) in [6, 6.07) is 1.82. The lowest BCUT2D eigenvalue weighted by Gasteiger charge is -2.24. The van der Waals surface area contributed by atoms with Crippen LogP contribution in [-0.4, -0.2) is 25.2 Å². The van der Waals surface area contributed by atoms with Crippen LogP contribution in [0.5, 0.6) is 0 Å². The van der Waals surface area contributed by atoms with Crippen LogP contribution in [0.3, 0.4) is 0 Å². The number of carbonyl (C=O) groups excluding carboxylic acids is 1. The summed E-state index contributed by atoms with van der Waals surface area (Å²) in [7, 11) is 1.68. The van der Waals surface area contributed by atoms with E-state index in [0.717, 1.165) is 4.88 Å². The first-order valence-electron chi connectivity index (χ1n) is 5.06. The third kappa shape index (κ3) is 3.92. The molecule has 16 heavy (non-hydrogen) atoms. The molecule has 0 aliphatic carbocycles. The number of methoxy groups -OCH3 is 1. The highest BCUT2D eigenvalue weighted by molar-refractivity contribution is 7.10. The molecule has 0 spiro atoms. The molecule has 0 unspecified atom stereocenters. The molecule has 0 aliphatic heterocycles. The van der Waals surface area contributed by atoms with Gasteiger partial charge in [0, 0.05) is 29.5 Å². The van der Waals surface area contributed by atoms with Crippen LogP contribution in [0, 0.1) is 0 Å². The molecule has 90 valence electrons. The van der Waals surface area contributed by atoms with E-state index in [2.05, 4.69) is 19.2 Å². The van der Waals surface area contributed by atoms with E-state index in [-0.39, 0.29) is 11.4 Å². The zero-order chi connectivity index (χ0) is 12.2. The Hall–Kier alpha value is -0.910. The van der Waals surface area contributed by atoms with Crippen LogP contribution >= 0.6 is 11.3 Å². The van der Waals surface area contributed by atoms with Crippen molar-refractivity contribution in [3.05, 3.63) is 21.9 Å². The topological polar surface area (TPSA) is 64.3 Å². The summed E-state index contributed by atoms with van der Waals surface area (Å²) in [6.07, 6.45) is 0. The van der Waals surface area contributed by atoms with Crippen LogP contribution in [0.2, 0.25) is 0 Å². The van der Waals surface area contributed by atoms with Crippen LogP contribution < -0.4 is 11.1 Å². The van der Waals surface area contributed by atoms with E-state index in [1.165, 1.54) is 11.3 Å². The maximum atomic E-state index is 10.9. The zero-order valence-corrected chi connectivity index (χ0v) is 10.7. The average Bonchev–Trinajstić information content (AvgIpc) is 2.63. The second-order valence-corrected chi connectivity index (χ2v) is 5.33. The van der Waals surface area contributed by atoms with Crippen molar-refractivity contribution >= 4 is 17.2 Å². The summed E-state index contributed by atoms with van der Waals surface area (Å²) in [6.45, 7) is 5.49. The number of ether oxygens (including phenoxy) is 1. The second kappa shape index (κ2) is 5.43. The lowest BCUT2D eigenvalue weighted by molar-refractivity contribution is 0.100. The van der Waals surface area contributed by atoms with E-state index in [9.17, 15) is 4.79 Å². The van der Waals surface area contributed by atoms with Crippen LogP contribution in [0.15, 0.2) is 11.4 Å². The first-order valence-corrected chi connectivity index (χ1v) is 5.94. The molecule has 0 bridgehead atoms. The van der Waals surface area contributed by atoms with E-state index in [4.69, 9.17) is 10.5 Å². The number of nitrogens with one attached hydrogen (secondary N) is 1. The molecule has 5 heteroatoms. The summed E-state index contributed by atoms with van der Waals surface area (Å²) in [5, 5.41) is 5.14. The van der Waals surface area contributed by atoms with Gasteiger partial charge in [0.2, 0.25) is 5.91 Å². The van der Waals surface area contributed by atoms with Gasteiger partial charge in [-0.15, -0.1) is 11.3 Å². The predicted octanol–water partition coefficient (Wildman–Crippen LogP) is 1.36. The zero-order valence-electron chi connectivity index (χ0n) is 9.87. The molecule has 1 aromatic rings. The van der Waals surface area contributed by atoms with Gasteiger partial charge < -0.3 is 15.8 Å².